The molecule has 0 aliphatic rings. The fourth-order valence-electron chi connectivity index (χ4n) is 4.66. The molecule has 0 bridgehead atoms. The molecule has 4 aromatic carbocycles. The number of carbonyl (C=O) groups is 1. The van der Waals surface area contributed by atoms with E-state index in [-0.39, 0.29) is 0 Å². The lowest BCUT2D eigenvalue weighted by Crippen LogP contribution is -2.36. The number of nitrogens with two attached hydrogens (primary N) is 1. The molecular weight excluding hydrogens is 434 g/mol. The molecule has 35 heavy (non-hydrogen) atoms. The van der Waals surface area contributed by atoms with Gasteiger partial charge in [-0.05, 0) is 28.8 Å². The predicted octanol–water partition coefficient (Wildman–Crippen LogP) is 5.76. The molecule has 2 N–H and O–H groups in total. The van der Waals surface area contributed by atoms with Crippen molar-refractivity contribution in [2.45, 2.75) is 5.54 Å². The third-order valence-electron chi connectivity index (χ3n) is 6.30. The summed E-state index contributed by atoms with van der Waals surface area (Å²) in [6, 6.07) is 36.5. The highest BCUT2D eigenvalue weighted by molar-refractivity contribution is 5.96. The smallest absolute Gasteiger partial charge is 0.339 e. The maximum atomic E-state index is 12.0. The van der Waals surface area contributed by atoms with Crippen molar-refractivity contribution >= 4 is 11.7 Å². The standard InChI is InChI=1S/C30H25N3O2/c1-35-29(34)26-18-17-22(19-27(26)31)28-20-33(21-32-28)30(23-11-5-2-6-12-23,24-13-7-3-8-14-24)25-15-9-4-10-16-25/h2-21H,31H2,1H3. The Kier molecular flexibility index (Phi) is 5.90. The van der Waals surface area contributed by atoms with Gasteiger partial charge in [-0.15, -0.1) is 0 Å². The second-order valence-corrected chi connectivity index (χ2v) is 8.27. The van der Waals surface area contributed by atoms with E-state index in [0.29, 0.717) is 11.3 Å². The lowest BCUT2D eigenvalue weighted by Gasteiger charge is -2.37. The van der Waals surface area contributed by atoms with Crippen LogP contribution in [0.4, 0.5) is 5.69 Å². The number of nitrogen functional groups attached to an aromatic ring is 1. The minimum absolute atomic E-state index is 0.336. The Hall–Kier alpha value is -4.64. The average molecular weight is 460 g/mol. The van der Waals surface area contributed by atoms with E-state index in [0.717, 1.165) is 27.9 Å². The fourth-order valence-corrected chi connectivity index (χ4v) is 4.66. The number of methoxy groups -OCH3 is 1. The van der Waals surface area contributed by atoms with Gasteiger partial charge in [0.25, 0.3) is 0 Å². The summed E-state index contributed by atoms with van der Waals surface area (Å²) in [4.78, 5) is 16.7. The van der Waals surface area contributed by atoms with Crippen molar-refractivity contribution in [3.05, 3.63) is 144 Å². The van der Waals surface area contributed by atoms with Gasteiger partial charge >= 0.3 is 5.97 Å². The molecule has 0 aliphatic carbocycles. The first-order valence-corrected chi connectivity index (χ1v) is 11.3. The van der Waals surface area contributed by atoms with Crippen molar-refractivity contribution in [3.8, 4) is 11.3 Å². The van der Waals surface area contributed by atoms with Gasteiger partial charge in [-0.3, -0.25) is 0 Å². The molecule has 0 unspecified atom stereocenters. The largest absolute Gasteiger partial charge is 0.465 e. The molecule has 0 aliphatic heterocycles. The van der Waals surface area contributed by atoms with Crippen LogP contribution in [0.3, 0.4) is 0 Å². The Morgan fingerprint density at radius 2 is 1.31 bits per heavy atom. The zero-order valence-electron chi connectivity index (χ0n) is 19.3. The van der Waals surface area contributed by atoms with E-state index in [1.165, 1.54) is 7.11 Å². The molecule has 5 aromatic rings. The number of anilines is 1. The molecular formula is C30H25N3O2. The highest BCUT2D eigenvalue weighted by atomic mass is 16.5. The summed E-state index contributed by atoms with van der Waals surface area (Å²) in [5.74, 6) is -0.462. The van der Waals surface area contributed by atoms with Gasteiger partial charge in [0.15, 0.2) is 0 Å². The van der Waals surface area contributed by atoms with Gasteiger partial charge in [-0.2, -0.15) is 0 Å². The van der Waals surface area contributed by atoms with E-state index in [1.54, 1.807) is 12.1 Å². The molecule has 0 radical (unpaired) electrons. The van der Waals surface area contributed by atoms with Crippen LogP contribution in [0, 0.1) is 0 Å². The minimum Gasteiger partial charge on any atom is -0.465 e. The van der Waals surface area contributed by atoms with E-state index < -0.39 is 11.5 Å². The van der Waals surface area contributed by atoms with E-state index >= 15 is 0 Å². The van der Waals surface area contributed by atoms with Crippen LogP contribution in [0.5, 0.6) is 0 Å². The van der Waals surface area contributed by atoms with Gasteiger partial charge in [0, 0.05) is 17.4 Å². The lowest BCUT2D eigenvalue weighted by atomic mass is 9.77. The van der Waals surface area contributed by atoms with Gasteiger partial charge in [-0.25, -0.2) is 9.78 Å². The molecule has 0 atom stereocenters. The summed E-state index contributed by atoms with van der Waals surface area (Å²) in [6.45, 7) is 0. The first-order chi connectivity index (χ1) is 17.1. The number of ether oxygens (including phenoxy) is 1. The molecule has 0 fully saturated rings. The Morgan fingerprint density at radius 3 is 1.77 bits per heavy atom. The normalized spacial score (nSPS) is 11.2. The molecule has 5 heteroatoms. The van der Waals surface area contributed by atoms with Crippen LogP contribution in [0.1, 0.15) is 27.0 Å². The minimum atomic E-state index is -0.646. The topological polar surface area (TPSA) is 70.1 Å². The maximum absolute atomic E-state index is 12.0. The molecule has 172 valence electrons. The summed E-state index contributed by atoms with van der Waals surface area (Å²) in [6.07, 6.45) is 3.88. The van der Waals surface area contributed by atoms with Gasteiger partial charge < -0.3 is 15.0 Å². The molecule has 5 rings (SSSR count). The summed E-state index contributed by atoms with van der Waals surface area (Å²) < 4.78 is 6.97. The first kappa shape index (κ1) is 22.2. The highest BCUT2D eigenvalue weighted by Crippen LogP contribution is 2.41. The zero-order valence-corrected chi connectivity index (χ0v) is 19.3. The maximum Gasteiger partial charge on any atom is 0.339 e. The third-order valence-corrected chi connectivity index (χ3v) is 6.30. The monoisotopic (exact) mass is 459 g/mol. The van der Waals surface area contributed by atoms with E-state index in [9.17, 15) is 4.79 Å². The van der Waals surface area contributed by atoms with Crippen LogP contribution in [-0.4, -0.2) is 22.6 Å². The second-order valence-electron chi connectivity index (χ2n) is 8.27. The lowest BCUT2D eigenvalue weighted by molar-refractivity contribution is 0.0602. The summed E-state index contributed by atoms with van der Waals surface area (Å²) in [5.41, 5.74) is 11.1. The van der Waals surface area contributed by atoms with Crippen LogP contribution in [0.25, 0.3) is 11.3 Å². The summed E-state index contributed by atoms with van der Waals surface area (Å²) in [5, 5.41) is 0. The third kappa shape index (κ3) is 3.87. The number of aromatic nitrogens is 2. The van der Waals surface area contributed by atoms with Gasteiger partial charge in [0.1, 0.15) is 5.54 Å². The number of rotatable bonds is 6. The number of imidazole rings is 1. The van der Waals surface area contributed by atoms with Crippen molar-refractivity contribution in [1.82, 2.24) is 9.55 Å². The molecule has 0 saturated carbocycles. The van der Waals surface area contributed by atoms with Crippen LogP contribution in [-0.2, 0) is 10.3 Å². The van der Waals surface area contributed by atoms with Crippen molar-refractivity contribution in [3.63, 3.8) is 0 Å². The van der Waals surface area contributed by atoms with Crippen molar-refractivity contribution in [2.24, 2.45) is 0 Å². The predicted molar refractivity (Wildman–Crippen MR) is 138 cm³/mol. The molecule has 1 heterocycles. The molecule has 0 saturated heterocycles. The summed E-state index contributed by atoms with van der Waals surface area (Å²) in [7, 11) is 1.34. The average Bonchev–Trinajstić information content (AvgIpc) is 3.41. The van der Waals surface area contributed by atoms with E-state index in [2.05, 4.69) is 77.4 Å². The Labute approximate surface area is 204 Å². The van der Waals surface area contributed by atoms with Crippen molar-refractivity contribution < 1.29 is 9.53 Å². The number of benzene rings is 4. The number of hydrogen-bond donors (Lipinski definition) is 1. The number of nitrogens with zero attached hydrogens (tertiary/aromatic N) is 2. The second kappa shape index (κ2) is 9.31. The number of hydrogen-bond acceptors (Lipinski definition) is 4. The van der Waals surface area contributed by atoms with Gasteiger partial charge in [0.2, 0.25) is 0 Å². The van der Waals surface area contributed by atoms with Crippen LogP contribution in [0.2, 0.25) is 0 Å². The number of carbonyl (C=O) groups excluding carboxylic acids is 1. The molecule has 1 aromatic heterocycles. The van der Waals surface area contributed by atoms with Gasteiger partial charge in [0.05, 0.1) is 24.7 Å². The Bertz CT molecular complexity index is 1350. The van der Waals surface area contributed by atoms with E-state index in [1.807, 2.05) is 36.8 Å². The van der Waals surface area contributed by atoms with Crippen LogP contribution < -0.4 is 5.73 Å². The highest BCUT2D eigenvalue weighted by Gasteiger charge is 2.38. The molecule has 0 spiro atoms. The Morgan fingerprint density at radius 1 is 0.800 bits per heavy atom. The SMILES string of the molecule is COC(=O)c1ccc(-c2cn(C(c3ccccc3)(c3ccccc3)c3ccccc3)cn2)cc1N. The Balaban J connectivity index is 1.73. The summed E-state index contributed by atoms with van der Waals surface area (Å²) >= 11 is 0. The van der Waals surface area contributed by atoms with Crippen LogP contribution >= 0.6 is 0 Å². The molecule has 0 amide bonds. The fraction of sp³-hybridized carbons (Fsp3) is 0.0667. The first-order valence-electron chi connectivity index (χ1n) is 11.3. The quantitative estimate of drug-likeness (QED) is 0.199. The number of esters is 1. The van der Waals surface area contributed by atoms with Crippen LogP contribution in [0.15, 0.2) is 122 Å². The molecule has 5 nitrogen and oxygen atoms in total. The van der Waals surface area contributed by atoms with Gasteiger partial charge in [-0.1, -0.05) is 97.1 Å². The van der Waals surface area contributed by atoms with Crippen molar-refractivity contribution in [2.75, 3.05) is 12.8 Å². The van der Waals surface area contributed by atoms with Crippen molar-refractivity contribution in [1.29, 1.82) is 0 Å². The zero-order chi connectivity index (χ0) is 24.3. The van der Waals surface area contributed by atoms with E-state index in [4.69, 9.17) is 15.5 Å².